The van der Waals surface area contributed by atoms with E-state index >= 15 is 0 Å². The number of hydrogen-bond acceptors (Lipinski definition) is 13. The van der Waals surface area contributed by atoms with Gasteiger partial charge in [0.05, 0.1) is 42.1 Å². The first-order valence-corrected chi connectivity index (χ1v) is 22.8. The van der Waals surface area contributed by atoms with E-state index in [2.05, 4.69) is 26.6 Å². The molecule has 0 aromatic heterocycles. The number of hydrogen-bond donors (Lipinski definition) is 8. The van der Waals surface area contributed by atoms with Crippen molar-refractivity contribution in [3.63, 3.8) is 0 Å². The number of carbonyl (C=O) groups is 6. The van der Waals surface area contributed by atoms with Crippen LogP contribution in [0.5, 0.6) is 5.75 Å². The van der Waals surface area contributed by atoms with Crippen LogP contribution in [0.1, 0.15) is 65.9 Å². The molecule has 10 N–H and O–H groups in total. The normalized spacial score (nSPS) is 27.2. The minimum Gasteiger partial charge on any atom is -0.495 e. The van der Waals surface area contributed by atoms with E-state index in [4.69, 9.17) is 58.4 Å². The number of nitrogens with two attached hydrogens (primary N) is 2. The Kier molecular flexibility index (Phi) is 17.8. The van der Waals surface area contributed by atoms with Gasteiger partial charge in [0.2, 0.25) is 17.7 Å². The number of nitrogens with one attached hydrogen (secondary N) is 5. The Labute approximate surface area is 405 Å². The Hall–Kier alpha value is -5.64. The highest BCUT2D eigenvalue weighted by molar-refractivity contribution is 6.35. The Bertz CT molecular complexity index is 2300. The quantitative estimate of drug-likeness (QED) is 0.0982. The van der Waals surface area contributed by atoms with Crippen molar-refractivity contribution >= 4 is 76.2 Å². The summed E-state index contributed by atoms with van der Waals surface area (Å²) in [7, 11) is 4.40. The molecule has 0 radical (unpaired) electrons. The lowest BCUT2D eigenvalue weighted by Crippen LogP contribution is -2.63. The number of epoxide rings is 1. The number of rotatable bonds is 13. The number of allylic oxidation sites excluding steroid dienone is 3. The highest BCUT2D eigenvalue weighted by atomic mass is 35.5. The molecule has 3 aliphatic rings. The van der Waals surface area contributed by atoms with E-state index in [1.54, 1.807) is 52.0 Å². The lowest BCUT2D eigenvalue weighted by atomic mass is 9.83. The predicted octanol–water partition coefficient (Wildman–Crippen LogP) is 4.88. The number of alkyl carbamates (subject to hydrolysis) is 1. The van der Waals surface area contributed by atoms with Crippen LogP contribution in [0.25, 0.3) is 0 Å². The summed E-state index contributed by atoms with van der Waals surface area (Å²) in [5, 5.41) is 24.9. The third-order valence-electron chi connectivity index (χ3n) is 12.3. The van der Waals surface area contributed by atoms with Crippen LogP contribution >= 0.6 is 23.2 Å². The van der Waals surface area contributed by atoms with Crippen LogP contribution in [0.2, 0.25) is 10.0 Å². The highest BCUT2D eigenvalue weighted by Crippen LogP contribution is 2.49. The van der Waals surface area contributed by atoms with Crippen molar-refractivity contribution in [2.75, 3.05) is 43.3 Å². The molecule has 372 valence electrons. The minimum absolute atomic E-state index is 0.0116. The Morgan fingerprint density at radius 2 is 1.81 bits per heavy atom. The van der Waals surface area contributed by atoms with Gasteiger partial charge in [0.15, 0.2) is 5.72 Å². The van der Waals surface area contributed by atoms with Gasteiger partial charge in [-0.1, -0.05) is 67.8 Å². The van der Waals surface area contributed by atoms with Gasteiger partial charge in [0.1, 0.15) is 40.7 Å². The van der Waals surface area contributed by atoms with E-state index in [1.165, 1.54) is 44.4 Å². The van der Waals surface area contributed by atoms with Crippen LogP contribution < -0.4 is 47.7 Å². The summed E-state index contributed by atoms with van der Waals surface area (Å²) < 4.78 is 29.2. The summed E-state index contributed by atoms with van der Waals surface area (Å²) >= 11 is 13.4. The molecule has 0 aliphatic carbocycles. The molecule has 3 heterocycles. The second-order valence-electron chi connectivity index (χ2n) is 17.8. The van der Waals surface area contributed by atoms with Crippen LogP contribution in [0.15, 0.2) is 54.1 Å². The minimum atomic E-state index is -1.88. The number of primary amides is 1. The van der Waals surface area contributed by atoms with Crippen LogP contribution in [0.3, 0.4) is 0 Å². The van der Waals surface area contributed by atoms with Crippen LogP contribution in [-0.4, -0.2) is 117 Å². The van der Waals surface area contributed by atoms with E-state index in [0.29, 0.717) is 24.3 Å². The molecule has 4 bridgehead atoms. The molecule has 9 atom stereocenters. The van der Waals surface area contributed by atoms with Gasteiger partial charge < -0.3 is 61.1 Å². The van der Waals surface area contributed by atoms with E-state index in [9.17, 15) is 33.9 Å². The molecular formula is C46H62Cl2N8O12. The summed E-state index contributed by atoms with van der Waals surface area (Å²) in [5.41, 5.74) is 10.2. The summed E-state index contributed by atoms with van der Waals surface area (Å²) in [6, 6.07) is 5.10. The fourth-order valence-electron chi connectivity index (χ4n) is 8.15. The maximum Gasteiger partial charge on any atom is 0.412 e. The van der Waals surface area contributed by atoms with Crippen molar-refractivity contribution in [1.82, 2.24) is 16.0 Å². The first-order valence-electron chi connectivity index (χ1n) is 22.1. The number of urea groups is 1. The lowest BCUT2D eigenvalue weighted by molar-refractivity contribution is -0.142. The zero-order chi connectivity index (χ0) is 50.2. The zero-order valence-corrected chi connectivity index (χ0v) is 40.8. The largest absolute Gasteiger partial charge is 0.495 e. The average Bonchev–Trinajstić information content (AvgIpc) is 3.97. The van der Waals surface area contributed by atoms with E-state index in [-0.39, 0.29) is 46.7 Å². The molecule has 3 aliphatic heterocycles. The Morgan fingerprint density at radius 3 is 2.46 bits per heavy atom. The molecule has 68 heavy (non-hydrogen) atoms. The van der Waals surface area contributed by atoms with E-state index in [1.807, 2.05) is 13.0 Å². The average molecular weight is 990 g/mol. The number of anilines is 3. The molecule has 20 nitrogen and oxygen atoms in total. The molecule has 0 unspecified atom stereocenters. The highest BCUT2D eigenvalue weighted by Gasteiger charge is 2.64. The van der Waals surface area contributed by atoms with Gasteiger partial charge >= 0.3 is 18.2 Å². The zero-order valence-electron chi connectivity index (χ0n) is 39.3. The molecule has 2 fully saturated rings. The molecule has 2 saturated heterocycles. The van der Waals surface area contributed by atoms with Gasteiger partial charge in [0.25, 0.3) is 0 Å². The molecule has 0 saturated carbocycles. The third kappa shape index (κ3) is 13.1. The molecule has 0 spiro atoms. The van der Waals surface area contributed by atoms with E-state index in [0.717, 1.165) is 11.1 Å². The van der Waals surface area contributed by atoms with Gasteiger partial charge in [-0.15, -0.1) is 0 Å². The fourth-order valence-corrected chi connectivity index (χ4v) is 8.70. The third-order valence-corrected chi connectivity index (χ3v) is 13.0. The van der Waals surface area contributed by atoms with Crippen LogP contribution in [0, 0.1) is 11.8 Å². The molecule has 5 rings (SSSR count). The molecule has 2 aromatic carbocycles. The van der Waals surface area contributed by atoms with Crippen molar-refractivity contribution in [2.24, 2.45) is 23.3 Å². The van der Waals surface area contributed by atoms with Crippen molar-refractivity contribution in [1.29, 1.82) is 0 Å². The first-order chi connectivity index (χ1) is 32.0. The predicted molar refractivity (Wildman–Crippen MR) is 254 cm³/mol. The summed E-state index contributed by atoms with van der Waals surface area (Å²) in [4.78, 5) is 79.9. The molecule has 22 heteroatoms. The number of halogens is 2. The number of fused-ring (bicyclic) bond motifs is 5. The number of nitrogens with zero attached hydrogens (tertiary/aromatic N) is 1. The van der Waals surface area contributed by atoms with Gasteiger partial charge in [-0.2, -0.15) is 0 Å². The van der Waals surface area contributed by atoms with Gasteiger partial charge in [0, 0.05) is 38.7 Å². The first kappa shape index (κ1) is 53.3. The number of amides is 7. The van der Waals surface area contributed by atoms with Crippen LogP contribution in [-0.2, 0) is 39.8 Å². The summed E-state index contributed by atoms with van der Waals surface area (Å²) in [6.07, 6.45) is -0.311. The second-order valence-corrected chi connectivity index (χ2v) is 18.5. The number of aliphatic hydroxyl groups is 1. The van der Waals surface area contributed by atoms with Crippen LogP contribution in [0.4, 0.5) is 31.4 Å². The lowest BCUT2D eigenvalue weighted by Gasteiger charge is -2.42. The van der Waals surface area contributed by atoms with Gasteiger partial charge in [-0.3, -0.25) is 25.0 Å². The fraction of sp³-hybridized carbons (Fsp3) is 0.522. The second kappa shape index (κ2) is 22.6. The molecule has 7 amide bonds. The summed E-state index contributed by atoms with van der Waals surface area (Å²) in [6.45, 7) is 9.00. The number of ether oxygens (including phenoxy) is 5. The van der Waals surface area contributed by atoms with E-state index < -0.39 is 96.1 Å². The molecular weight excluding hydrogens is 927 g/mol. The Balaban J connectivity index is 1.41. The van der Waals surface area contributed by atoms with Crippen molar-refractivity contribution in [3.8, 4) is 5.75 Å². The maximum atomic E-state index is 14.3. The smallest absolute Gasteiger partial charge is 0.412 e. The SMILES string of the molecule is COc1cc2cc(c1Cl)N(C)C(=O)C[C@H](OC(=O)Nc1ccc(NC(=O)[C@H](CCCNC(N)=O)NC(=O)[C@@H](N)C(C)C)cc1Cl)[C@]1(C)O[C@H]1[C@H](C)[C@@H]1C[C@@](O)(NC(=O)O1)[C@H](OC)/C=C/C=C(\C)C2. The van der Waals surface area contributed by atoms with Gasteiger partial charge in [-0.25, -0.2) is 14.4 Å². The maximum absolute atomic E-state index is 14.3. The standard InChI is InChI=1S/C46H62Cl2N8O12/c1-23(2)38(49)41(59)53-30(12-10-16-51-42(50)60)40(58)52-27-14-15-29(28(47)20-27)54-43(61)67-35-21-36(57)56(6)31-18-26(19-32(64-7)37(31)48)17-24(3)11-9-13-34(65-8)46(63)22-33(66-44(62)55-46)25(4)39-45(35,5)68-39/h9,11,13-15,18-20,23,25,30,33-35,38-39,63H,10,12,16-17,21-22,49H2,1-8H3,(H,52,58)(H,53,59)(H,54,61)(H,55,62)(H3,50,51,60)/b13-9+,24-11+/t25-,30+,33+,34-,35+,38+,39+,45+,46+/m1/s1. The van der Waals surface area contributed by atoms with Crippen molar-refractivity contribution < 1.29 is 57.6 Å². The van der Waals surface area contributed by atoms with Crippen molar-refractivity contribution in [3.05, 3.63) is 69.7 Å². The number of methoxy groups -OCH3 is 2. The van der Waals surface area contributed by atoms with Gasteiger partial charge in [-0.05, 0) is 74.9 Å². The number of carbonyl (C=O) groups excluding carboxylic acids is 6. The molecule has 2 aromatic rings. The Morgan fingerprint density at radius 1 is 1.09 bits per heavy atom. The topological polar surface area (TPSA) is 288 Å². The van der Waals surface area contributed by atoms with Crippen molar-refractivity contribution in [2.45, 2.75) is 115 Å². The number of benzene rings is 2. The monoisotopic (exact) mass is 988 g/mol. The summed E-state index contributed by atoms with van der Waals surface area (Å²) in [5.74, 6) is -2.13.